The lowest BCUT2D eigenvalue weighted by Crippen LogP contribution is -2.48. The molecule has 1 aliphatic heterocycles. The minimum absolute atomic E-state index is 0.225. The summed E-state index contributed by atoms with van der Waals surface area (Å²) in [6.07, 6.45) is 7.65. The number of thiophene rings is 1. The molecule has 0 saturated carbocycles. The van der Waals surface area contributed by atoms with E-state index in [0.29, 0.717) is 19.7 Å². The maximum absolute atomic E-state index is 11.6. The van der Waals surface area contributed by atoms with Crippen molar-refractivity contribution in [3.05, 3.63) is 36.0 Å². The van der Waals surface area contributed by atoms with Crippen molar-refractivity contribution in [2.75, 3.05) is 51.2 Å². The van der Waals surface area contributed by atoms with Crippen LogP contribution in [0.2, 0.25) is 0 Å². The molecule has 5 heterocycles. The summed E-state index contributed by atoms with van der Waals surface area (Å²) in [5.41, 5.74) is 5.96. The second-order valence-electron chi connectivity index (χ2n) is 10.9. The second kappa shape index (κ2) is 10.7. The number of hydrogen-bond donors (Lipinski definition) is 1. The quantitative estimate of drug-likeness (QED) is 0.311. The fourth-order valence-electron chi connectivity index (χ4n) is 5.60. The fourth-order valence-corrected chi connectivity index (χ4v) is 6.72. The van der Waals surface area contributed by atoms with Crippen molar-refractivity contribution in [1.82, 2.24) is 24.9 Å². The van der Waals surface area contributed by atoms with Crippen LogP contribution in [0, 0.1) is 5.41 Å². The number of carbonyl (C=O) groups is 1. The highest BCUT2D eigenvalue weighted by molar-refractivity contribution is 7.26. The van der Waals surface area contributed by atoms with Gasteiger partial charge in [-0.2, -0.15) is 0 Å². The number of nitrogens with one attached hydrogen (secondary N) is 1. The third-order valence-electron chi connectivity index (χ3n) is 7.64. The number of rotatable bonds is 7. The Morgan fingerprint density at radius 3 is 2.82 bits per heavy atom. The predicted octanol–water partition coefficient (Wildman–Crippen LogP) is 5.13. The number of pyridine rings is 1. The lowest BCUT2D eigenvalue weighted by molar-refractivity contribution is -0.145. The van der Waals surface area contributed by atoms with Crippen LogP contribution >= 0.6 is 11.3 Å². The molecule has 0 amide bonds. The standard InChI is InChI=1S/C28H34N6O4S/c1-4-37-27(35)38-34-12-10-33(11-13-34)9-8-29-25-24-23(30-17-31-25)21-20-15-28(2,3)7-5-19(20)22(32-26(21)39-24)18-6-14-36-16-18/h6,14,16-17H,4-5,7-13,15H2,1-3H3,(H,29,30,31). The molecule has 0 unspecified atom stereocenters. The Bertz CT molecular complexity index is 1480. The molecule has 2 aliphatic rings. The lowest BCUT2D eigenvalue weighted by atomic mass is 9.73. The molecule has 10 nitrogen and oxygen atoms in total. The van der Waals surface area contributed by atoms with E-state index in [1.54, 1.807) is 42.2 Å². The zero-order valence-corrected chi connectivity index (χ0v) is 23.5. The second-order valence-corrected chi connectivity index (χ2v) is 11.9. The van der Waals surface area contributed by atoms with Gasteiger partial charge in [-0.1, -0.05) is 13.8 Å². The highest BCUT2D eigenvalue weighted by atomic mass is 32.1. The summed E-state index contributed by atoms with van der Waals surface area (Å²) >= 11 is 1.66. The summed E-state index contributed by atoms with van der Waals surface area (Å²) in [5.74, 6) is 0.848. The number of hydrogen-bond acceptors (Lipinski definition) is 11. The number of piperazine rings is 1. The third kappa shape index (κ3) is 5.30. The summed E-state index contributed by atoms with van der Waals surface area (Å²) in [7, 11) is 0. The molecule has 0 atom stereocenters. The molecule has 1 fully saturated rings. The van der Waals surface area contributed by atoms with E-state index in [4.69, 9.17) is 24.0 Å². The van der Waals surface area contributed by atoms with Crippen molar-refractivity contribution in [3.8, 4) is 11.3 Å². The lowest BCUT2D eigenvalue weighted by Gasteiger charge is -2.32. The summed E-state index contributed by atoms with van der Waals surface area (Å²) in [4.78, 5) is 34.6. The summed E-state index contributed by atoms with van der Waals surface area (Å²) in [6, 6.07) is 2.00. The summed E-state index contributed by atoms with van der Waals surface area (Å²) in [6.45, 7) is 11.3. The zero-order valence-electron chi connectivity index (χ0n) is 22.7. The first-order valence-electron chi connectivity index (χ1n) is 13.6. The number of ether oxygens (including phenoxy) is 1. The Balaban J connectivity index is 1.22. The van der Waals surface area contributed by atoms with Gasteiger partial charge in [0.2, 0.25) is 0 Å². The molecule has 39 heavy (non-hydrogen) atoms. The van der Waals surface area contributed by atoms with Crippen LogP contribution in [0.25, 0.3) is 31.7 Å². The van der Waals surface area contributed by atoms with Gasteiger partial charge >= 0.3 is 6.16 Å². The summed E-state index contributed by atoms with van der Waals surface area (Å²) in [5, 5.41) is 6.39. The SMILES string of the molecule is CCOC(=O)ON1CCN(CCNc2ncnc3c2sc2nc(-c4ccoc4)c4c(c23)CC(C)(C)CC4)CC1. The minimum atomic E-state index is -0.639. The molecule has 11 heteroatoms. The van der Waals surface area contributed by atoms with Gasteiger partial charge in [0, 0.05) is 50.2 Å². The van der Waals surface area contributed by atoms with Crippen molar-refractivity contribution in [2.24, 2.45) is 5.41 Å². The van der Waals surface area contributed by atoms with Crippen LogP contribution in [-0.2, 0) is 22.4 Å². The van der Waals surface area contributed by atoms with Crippen LogP contribution in [0.4, 0.5) is 10.6 Å². The van der Waals surface area contributed by atoms with E-state index in [1.807, 2.05) is 6.07 Å². The van der Waals surface area contributed by atoms with Gasteiger partial charge in [0.25, 0.3) is 0 Å². The Kier molecular flexibility index (Phi) is 7.13. The van der Waals surface area contributed by atoms with Crippen molar-refractivity contribution in [3.63, 3.8) is 0 Å². The highest BCUT2D eigenvalue weighted by Crippen LogP contribution is 2.46. The minimum Gasteiger partial charge on any atom is -0.472 e. The molecule has 0 aromatic carbocycles. The number of nitrogens with zero attached hydrogens (tertiary/aromatic N) is 5. The molecule has 6 rings (SSSR count). The first kappa shape index (κ1) is 26.0. The molecule has 4 aromatic rings. The monoisotopic (exact) mass is 550 g/mol. The number of aromatic nitrogens is 3. The van der Waals surface area contributed by atoms with E-state index in [-0.39, 0.29) is 5.41 Å². The maximum Gasteiger partial charge on any atom is 0.527 e. The Morgan fingerprint density at radius 2 is 2.05 bits per heavy atom. The first-order chi connectivity index (χ1) is 18.9. The van der Waals surface area contributed by atoms with Gasteiger partial charge < -0.3 is 19.3 Å². The van der Waals surface area contributed by atoms with Crippen molar-refractivity contribution >= 4 is 43.7 Å². The molecule has 206 valence electrons. The van der Waals surface area contributed by atoms with E-state index in [2.05, 4.69) is 29.0 Å². The van der Waals surface area contributed by atoms with Crippen LogP contribution in [-0.4, -0.2) is 76.9 Å². The average Bonchev–Trinajstić information content (AvgIpc) is 3.57. The van der Waals surface area contributed by atoms with E-state index >= 15 is 0 Å². The summed E-state index contributed by atoms with van der Waals surface area (Å²) < 4.78 is 11.3. The van der Waals surface area contributed by atoms with E-state index in [0.717, 1.165) is 77.6 Å². The largest absolute Gasteiger partial charge is 0.527 e. The van der Waals surface area contributed by atoms with Crippen molar-refractivity contribution in [2.45, 2.75) is 40.0 Å². The molecular weight excluding hydrogens is 516 g/mol. The number of hydroxylamine groups is 2. The first-order valence-corrected chi connectivity index (χ1v) is 14.4. The molecule has 0 spiro atoms. The van der Waals surface area contributed by atoms with Crippen LogP contribution in [0.1, 0.15) is 38.3 Å². The fraction of sp³-hybridized carbons (Fsp3) is 0.500. The molecule has 1 aliphatic carbocycles. The van der Waals surface area contributed by atoms with Crippen LogP contribution in [0.3, 0.4) is 0 Å². The van der Waals surface area contributed by atoms with Gasteiger partial charge in [0.15, 0.2) is 0 Å². The smallest absolute Gasteiger partial charge is 0.472 e. The van der Waals surface area contributed by atoms with E-state index < -0.39 is 6.16 Å². The van der Waals surface area contributed by atoms with E-state index in [9.17, 15) is 4.79 Å². The zero-order chi connectivity index (χ0) is 27.0. The van der Waals surface area contributed by atoms with Crippen molar-refractivity contribution < 1.29 is 18.8 Å². The normalized spacial score (nSPS) is 17.8. The number of carbonyl (C=O) groups excluding carboxylic acids is 1. The van der Waals surface area contributed by atoms with Gasteiger partial charge in [-0.05, 0) is 48.8 Å². The van der Waals surface area contributed by atoms with Crippen LogP contribution in [0.15, 0.2) is 29.3 Å². The highest BCUT2D eigenvalue weighted by Gasteiger charge is 2.31. The topological polar surface area (TPSA) is 106 Å². The maximum atomic E-state index is 11.6. The molecule has 0 bridgehead atoms. The molecule has 1 saturated heterocycles. The molecule has 1 N–H and O–H groups in total. The number of furan rings is 1. The van der Waals surface area contributed by atoms with Gasteiger partial charge in [-0.15, -0.1) is 16.4 Å². The van der Waals surface area contributed by atoms with Gasteiger partial charge in [-0.3, -0.25) is 4.90 Å². The Morgan fingerprint density at radius 1 is 1.21 bits per heavy atom. The van der Waals surface area contributed by atoms with Crippen LogP contribution in [0.5, 0.6) is 0 Å². The molecular formula is C28H34N6O4S. The number of fused-ring (bicyclic) bond motifs is 5. The Labute approximate surface area is 231 Å². The van der Waals surface area contributed by atoms with Crippen molar-refractivity contribution in [1.29, 1.82) is 0 Å². The van der Waals surface area contributed by atoms with Gasteiger partial charge in [0.05, 0.1) is 35.0 Å². The Hall–Kier alpha value is -3.28. The molecule has 4 aromatic heterocycles. The average molecular weight is 551 g/mol. The third-order valence-corrected chi connectivity index (χ3v) is 8.72. The van der Waals surface area contributed by atoms with Gasteiger partial charge in [0.1, 0.15) is 17.0 Å². The van der Waals surface area contributed by atoms with Gasteiger partial charge in [-0.25, -0.2) is 19.7 Å². The van der Waals surface area contributed by atoms with Crippen LogP contribution < -0.4 is 5.32 Å². The number of anilines is 1. The predicted molar refractivity (Wildman–Crippen MR) is 151 cm³/mol. The van der Waals surface area contributed by atoms with E-state index in [1.165, 1.54) is 16.5 Å². The molecule has 0 radical (unpaired) electrons.